The maximum atomic E-state index is 13.5. The zero-order valence-corrected chi connectivity index (χ0v) is 13.9. The van der Waals surface area contributed by atoms with Crippen LogP contribution in [0.5, 0.6) is 17.2 Å². The number of carbonyl (C=O) groups is 2. The molecule has 2 aromatic carbocycles. The molecular weight excluding hydrogens is 343 g/mol. The number of nitrogens with one attached hydrogen (secondary N) is 2. The average Bonchev–Trinajstić information content (AvgIpc) is 2.67. The van der Waals surface area contributed by atoms with Gasteiger partial charge in [0.25, 0.3) is 11.8 Å². The van der Waals surface area contributed by atoms with Gasteiger partial charge in [0.15, 0.2) is 29.2 Å². The number of benzene rings is 2. The number of fused-ring (bicyclic) bond motifs is 1. The Bertz CT molecular complexity index is 814. The summed E-state index contributed by atoms with van der Waals surface area (Å²) >= 11 is 0. The Morgan fingerprint density at radius 3 is 2.58 bits per heavy atom. The van der Waals surface area contributed by atoms with Gasteiger partial charge in [0.05, 0.1) is 0 Å². The van der Waals surface area contributed by atoms with Gasteiger partial charge in [0.1, 0.15) is 6.61 Å². The SMILES string of the molecule is C[C@H](Oc1ccccc1F)C(=O)NNC(=O)[C@H]1COc2ccccc2O1. The number of hydrazine groups is 1. The minimum Gasteiger partial charge on any atom is -0.485 e. The first-order valence-corrected chi connectivity index (χ1v) is 7.94. The lowest BCUT2D eigenvalue weighted by molar-refractivity contribution is -0.137. The standard InChI is InChI=1S/C18H17FN2O5/c1-11(25-13-7-3-2-6-12(13)19)17(22)20-21-18(23)16-10-24-14-8-4-5-9-15(14)26-16/h2-9,11,16H,10H2,1H3,(H,20,22)(H,21,23)/t11-,16+/m0/s1. The molecule has 1 heterocycles. The molecule has 7 nitrogen and oxygen atoms in total. The van der Waals surface area contributed by atoms with E-state index >= 15 is 0 Å². The van der Waals surface area contributed by atoms with Crippen molar-refractivity contribution in [2.75, 3.05) is 6.61 Å². The van der Waals surface area contributed by atoms with Crippen molar-refractivity contribution in [1.82, 2.24) is 10.9 Å². The van der Waals surface area contributed by atoms with Gasteiger partial charge in [-0.05, 0) is 31.2 Å². The van der Waals surface area contributed by atoms with E-state index in [-0.39, 0.29) is 12.4 Å². The molecule has 0 saturated heterocycles. The third-order valence-corrected chi connectivity index (χ3v) is 3.62. The van der Waals surface area contributed by atoms with Gasteiger partial charge in [-0.15, -0.1) is 0 Å². The number of carbonyl (C=O) groups excluding carboxylic acids is 2. The van der Waals surface area contributed by atoms with Gasteiger partial charge < -0.3 is 14.2 Å². The lowest BCUT2D eigenvalue weighted by Crippen LogP contribution is -2.53. The topological polar surface area (TPSA) is 85.9 Å². The van der Waals surface area contributed by atoms with Crippen molar-refractivity contribution in [2.45, 2.75) is 19.1 Å². The van der Waals surface area contributed by atoms with Gasteiger partial charge in [-0.1, -0.05) is 24.3 Å². The van der Waals surface area contributed by atoms with Crippen molar-refractivity contribution in [1.29, 1.82) is 0 Å². The maximum absolute atomic E-state index is 13.5. The highest BCUT2D eigenvalue weighted by Gasteiger charge is 2.28. The molecule has 0 radical (unpaired) electrons. The summed E-state index contributed by atoms with van der Waals surface area (Å²) < 4.78 is 29.7. The molecule has 1 aliphatic rings. The number of para-hydroxylation sites is 3. The Morgan fingerprint density at radius 2 is 1.81 bits per heavy atom. The van der Waals surface area contributed by atoms with Crippen LogP contribution in [0.1, 0.15) is 6.92 Å². The lowest BCUT2D eigenvalue weighted by Gasteiger charge is -2.25. The Kier molecular flexibility index (Phi) is 5.21. The Labute approximate surface area is 149 Å². The van der Waals surface area contributed by atoms with Crippen molar-refractivity contribution in [2.24, 2.45) is 0 Å². The molecule has 0 bridgehead atoms. The predicted octanol–water partition coefficient (Wildman–Crippen LogP) is 1.58. The number of ether oxygens (including phenoxy) is 3. The third kappa shape index (κ3) is 4.02. The van der Waals surface area contributed by atoms with Crippen LogP contribution in [-0.2, 0) is 9.59 Å². The van der Waals surface area contributed by atoms with E-state index in [2.05, 4.69) is 10.9 Å². The molecule has 0 saturated carbocycles. The second-order valence-corrected chi connectivity index (χ2v) is 5.53. The van der Waals surface area contributed by atoms with Crippen molar-refractivity contribution < 1.29 is 28.2 Å². The Morgan fingerprint density at radius 1 is 1.12 bits per heavy atom. The summed E-state index contributed by atoms with van der Waals surface area (Å²) in [5.41, 5.74) is 4.47. The van der Waals surface area contributed by atoms with E-state index in [1.807, 2.05) is 0 Å². The number of amides is 2. The van der Waals surface area contributed by atoms with Crippen molar-refractivity contribution in [3.8, 4) is 17.2 Å². The number of halogens is 1. The Hall–Kier alpha value is -3.29. The van der Waals surface area contributed by atoms with E-state index in [1.54, 1.807) is 30.3 Å². The molecule has 3 rings (SSSR count). The first-order chi connectivity index (χ1) is 12.5. The summed E-state index contributed by atoms with van der Waals surface area (Å²) in [7, 11) is 0. The molecule has 26 heavy (non-hydrogen) atoms. The fraction of sp³-hybridized carbons (Fsp3) is 0.222. The molecule has 8 heteroatoms. The van der Waals surface area contributed by atoms with E-state index in [4.69, 9.17) is 14.2 Å². The molecule has 1 aliphatic heterocycles. The lowest BCUT2D eigenvalue weighted by atomic mass is 10.2. The summed E-state index contributed by atoms with van der Waals surface area (Å²) in [6.45, 7) is 1.45. The van der Waals surface area contributed by atoms with Crippen LogP contribution in [0.2, 0.25) is 0 Å². The molecule has 0 aromatic heterocycles. The highest BCUT2D eigenvalue weighted by Crippen LogP contribution is 2.30. The minimum atomic E-state index is -1.02. The van der Waals surface area contributed by atoms with E-state index in [0.717, 1.165) is 0 Å². The average molecular weight is 360 g/mol. The van der Waals surface area contributed by atoms with Crippen LogP contribution in [0, 0.1) is 5.82 Å². The molecule has 0 spiro atoms. The van der Waals surface area contributed by atoms with Gasteiger partial charge in [-0.3, -0.25) is 20.4 Å². The van der Waals surface area contributed by atoms with E-state index in [9.17, 15) is 14.0 Å². The summed E-state index contributed by atoms with van der Waals surface area (Å²) in [5, 5.41) is 0. The molecule has 0 aliphatic carbocycles. The fourth-order valence-corrected chi connectivity index (χ4v) is 2.24. The van der Waals surface area contributed by atoms with Gasteiger partial charge in [0.2, 0.25) is 6.10 Å². The molecule has 2 N–H and O–H groups in total. The van der Waals surface area contributed by atoms with Crippen LogP contribution in [0.15, 0.2) is 48.5 Å². The number of hydrogen-bond donors (Lipinski definition) is 2. The molecule has 0 unspecified atom stereocenters. The van der Waals surface area contributed by atoms with Crippen LogP contribution < -0.4 is 25.1 Å². The van der Waals surface area contributed by atoms with E-state index in [1.165, 1.54) is 25.1 Å². The van der Waals surface area contributed by atoms with Crippen LogP contribution in [-0.4, -0.2) is 30.6 Å². The zero-order chi connectivity index (χ0) is 18.5. The Balaban J connectivity index is 1.50. The highest BCUT2D eigenvalue weighted by atomic mass is 19.1. The fourth-order valence-electron chi connectivity index (χ4n) is 2.24. The van der Waals surface area contributed by atoms with Crippen LogP contribution in [0.25, 0.3) is 0 Å². The summed E-state index contributed by atoms with van der Waals surface area (Å²) in [6.07, 6.45) is -1.93. The van der Waals surface area contributed by atoms with E-state index in [0.29, 0.717) is 11.5 Å². The second kappa shape index (κ2) is 7.73. The molecular formula is C18H17FN2O5. The monoisotopic (exact) mass is 360 g/mol. The van der Waals surface area contributed by atoms with E-state index < -0.39 is 29.8 Å². The summed E-state index contributed by atoms with van der Waals surface area (Å²) in [5.74, 6) is -0.858. The normalized spacial score (nSPS) is 16.3. The quantitative estimate of drug-likeness (QED) is 0.809. The third-order valence-electron chi connectivity index (χ3n) is 3.62. The predicted molar refractivity (Wildman–Crippen MR) is 89.1 cm³/mol. The largest absolute Gasteiger partial charge is 0.485 e. The second-order valence-electron chi connectivity index (χ2n) is 5.53. The van der Waals surface area contributed by atoms with Gasteiger partial charge >= 0.3 is 0 Å². The van der Waals surface area contributed by atoms with Gasteiger partial charge in [-0.25, -0.2) is 4.39 Å². The molecule has 0 fully saturated rings. The van der Waals surface area contributed by atoms with Crippen molar-refractivity contribution in [3.63, 3.8) is 0 Å². The zero-order valence-electron chi connectivity index (χ0n) is 13.9. The molecule has 2 aromatic rings. The maximum Gasteiger partial charge on any atom is 0.283 e. The first-order valence-electron chi connectivity index (χ1n) is 7.94. The van der Waals surface area contributed by atoms with Crippen molar-refractivity contribution in [3.05, 3.63) is 54.3 Å². The highest BCUT2D eigenvalue weighted by molar-refractivity contribution is 5.86. The molecule has 136 valence electrons. The van der Waals surface area contributed by atoms with Gasteiger partial charge in [-0.2, -0.15) is 0 Å². The van der Waals surface area contributed by atoms with Crippen LogP contribution in [0.4, 0.5) is 4.39 Å². The summed E-state index contributed by atoms with van der Waals surface area (Å²) in [4.78, 5) is 24.1. The molecule has 2 amide bonds. The minimum absolute atomic E-state index is 0.0139. The van der Waals surface area contributed by atoms with Crippen LogP contribution >= 0.6 is 0 Å². The smallest absolute Gasteiger partial charge is 0.283 e. The summed E-state index contributed by atoms with van der Waals surface area (Å²) in [6, 6.07) is 12.7. The molecule has 2 atom stereocenters. The number of hydrogen-bond acceptors (Lipinski definition) is 5. The van der Waals surface area contributed by atoms with Crippen LogP contribution in [0.3, 0.4) is 0 Å². The number of rotatable bonds is 4. The van der Waals surface area contributed by atoms with Crippen molar-refractivity contribution >= 4 is 11.8 Å². The first kappa shape index (κ1) is 17.5. The van der Waals surface area contributed by atoms with Gasteiger partial charge in [0, 0.05) is 0 Å².